The largest absolute Gasteiger partial charge is 0.771 e. The van der Waals surface area contributed by atoms with Crippen LogP contribution in [0, 0.1) is 0 Å². The smallest absolute Gasteiger partial charge is 0.133 e. The molecule has 2 atom stereocenters. The van der Waals surface area contributed by atoms with Gasteiger partial charge in [0.05, 0.1) is 5.69 Å². The van der Waals surface area contributed by atoms with Crippen molar-refractivity contribution in [3.63, 3.8) is 0 Å². The summed E-state index contributed by atoms with van der Waals surface area (Å²) >= 11 is -5.55. The third-order valence-corrected chi connectivity index (χ3v) is 4.27. The summed E-state index contributed by atoms with van der Waals surface area (Å²) in [5.41, 5.74) is -0.0123. The summed E-state index contributed by atoms with van der Waals surface area (Å²) in [4.78, 5) is 3.71. The van der Waals surface area contributed by atoms with Crippen molar-refractivity contribution in [2.24, 2.45) is 0 Å². The molecule has 0 saturated heterocycles. The Bertz CT molecular complexity index is 353. The Labute approximate surface area is 86.1 Å². The summed E-state index contributed by atoms with van der Waals surface area (Å²) in [5, 5.41) is 0. The van der Waals surface area contributed by atoms with Crippen molar-refractivity contribution in [3.8, 4) is 0 Å². The lowest BCUT2D eigenvalue weighted by Crippen LogP contribution is -2.33. The zero-order valence-corrected chi connectivity index (χ0v) is 8.84. The Hall–Kier alpha value is -0.630. The SMILES string of the molecule is CC(c1ccccn1)(S(=O)[O-])S(=O)[O-]. The fraction of sp³-hybridized carbons (Fsp3) is 0.286. The second-order valence-corrected chi connectivity index (χ2v) is 5.46. The van der Waals surface area contributed by atoms with Crippen LogP contribution >= 0.6 is 0 Å². The molecule has 0 aliphatic carbocycles. The third-order valence-electron chi connectivity index (χ3n) is 1.77. The normalized spacial score (nSPS) is 19.6. The van der Waals surface area contributed by atoms with Crippen LogP contribution in [0.3, 0.4) is 0 Å². The summed E-state index contributed by atoms with van der Waals surface area (Å²) in [6.45, 7) is 1.08. The Morgan fingerprint density at radius 3 is 2.21 bits per heavy atom. The van der Waals surface area contributed by atoms with Crippen LogP contribution in [-0.4, -0.2) is 22.5 Å². The topological polar surface area (TPSA) is 93.2 Å². The van der Waals surface area contributed by atoms with Crippen molar-refractivity contribution in [2.45, 2.75) is 11.0 Å². The zero-order valence-electron chi connectivity index (χ0n) is 7.21. The molecule has 0 saturated carbocycles. The maximum absolute atomic E-state index is 10.8. The van der Waals surface area contributed by atoms with E-state index in [1.165, 1.54) is 18.3 Å². The Morgan fingerprint density at radius 2 is 1.86 bits per heavy atom. The van der Waals surface area contributed by atoms with Gasteiger partial charge in [0.2, 0.25) is 0 Å². The van der Waals surface area contributed by atoms with Gasteiger partial charge >= 0.3 is 0 Å². The summed E-state index contributed by atoms with van der Waals surface area (Å²) in [7, 11) is 0. The van der Waals surface area contributed by atoms with Gasteiger partial charge in [0, 0.05) is 6.20 Å². The molecule has 1 rings (SSSR count). The Morgan fingerprint density at radius 1 is 1.29 bits per heavy atom. The van der Waals surface area contributed by atoms with Gasteiger partial charge in [-0.2, -0.15) is 0 Å². The van der Waals surface area contributed by atoms with E-state index in [9.17, 15) is 17.5 Å². The second kappa shape index (κ2) is 4.26. The molecule has 14 heavy (non-hydrogen) atoms. The zero-order chi connectivity index (χ0) is 10.8. The molecule has 2 unspecified atom stereocenters. The van der Waals surface area contributed by atoms with E-state index in [-0.39, 0.29) is 5.69 Å². The molecular weight excluding hydrogens is 226 g/mol. The predicted molar refractivity (Wildman–Crippen MR) is 49.4 cm³/mol. The van der Waals surface area contributed by atoms with Crippen LogP contribution < -0.4 is 0 Å². The number of hydrogen-bond donors (Lipinski definition) is 0. The van der Waals surface area contributed by atoms with E-state index in [1.807, 2.05) is 0 Å². The van der Waals surface area contributed by atoms with Crippen molar-refractivity contribution in [1.82, 2.24) is 4.98 Å². The fourth-order valence-corrected chi connectivity index (χ4v) is 1.89. The molecular formula is C7H7NO4S2-2. The Kier molecular flexibility index (Phi) is 3.48. The summed E-state index contributed by atoms with van der Waals surface area (Å²) < 4.78 is 41.3. The molecule has 1 aromatic rings. The lowest BCUT2D eigenvalue weighted by molar-refractivity contribution is 0.489. The highest BCUT2D eigenvalue weighted by Gasteiger charge is 2.30. The van der Waals surface area contributed by atoms with Gasteiger partial charge < -0.3 is 9.11 Å². The number of pyridine rings is 1. The van der Waals surface area contributed by atoms with Gasteiger partial charge in [-0.25, -0.2) is 0 Å². The fourth-order valence-electron chi connectivity index (χ4n) is 0.858. The summed E-state index contributed by atoms with van der Waals surface area (Å²) in [5.74, 6) is 0. The van der Waals surface area contributed by atoms with E-state index in [0.717, 1.165) is 6.92 Å². The molecule has 0 amide bonds. The van der Waals surface area contributed by atoms with Gasteiger partial charge in [-0.3, -0.25) is 13.4 Å². The first-order chi connectivity index (χ1) is 6.49. The maximum Gasteiger partial charge on any atom is 0.133 e. The van der Waals surface area contributed by atoms with Crippen LogP contribution in [0.2, 0.25) is 0 Å². The standard InChI is InChI=1S/C7H9NO4S2/c1-7(13(9)10,14(11)12)6-4-2-3-5-8-6/h2-5H,1H3,(H,9,10)(H,11,12)/p-2. The van der Waals surface area contributed by atoms with Crippen LogP contribution in [0.25, 0.3) is 0 Å². The van der Waals surface area contributed by atoms with Crippen molar-refractivity contribution >= 4 is 22.2 Å². The van der Waals surface area contributed by atoms with Crippen molar-refractivity contribution in [3.05, 3.63) is 30.1 Å². The van der Waals surface area contributed by atoms with Crippen LogP contribution in [0.1, 0.15) is 12.6 Å². The van der Waals surface area contributed by atoms with Crippen molar-refractivity contribution in [2.75, 3.05) is 0 Å². The van der Waals surface area contributed by atoms with Gasteiger partial charge in [-0.05, 0) is 41.2 Å². The molecule has 7 heteroatoms. The maximum atomic E-state index is 10.8. The third kappa shape index (κ3) is 1.90. The minimum Gasteiger partial charge on any atom is -0.771 e. The number of aromatic nitrogens is 1. The molecule has 0 aliphatic rings. The highest BCUT2D eigenvalue weighted by Crippen LogP contribution is 2.27. The molecule has 1 aromatic heterocycles. The average Bonchev–Trinajstić information content (AvgIpc) is 2.17. The minimum absolute atomic E-state index is 0.0123. The highest BCUT2D eigenvalue weighted by molar-refractivity contribution is 7.98. The van der Waals surface area contributed by atoms with Crippen molar-refractivity contribution < 1.29 is 17.5 Å². The average molecular weight is 233 g/mol. The molecule has 5 nitrogen and oxygen atoms in total. The van der Waals surface area contributed by atoms with Gasteiger partial charge in [-0.1, -0.05) is 6.07 Å². The summed E-state index contributed by atoms with van der Waals surface area (Å²) in [6.07, 6.45) is 1.34. The van der Waals surface area contributed by atoms with Crippen molar-refractivity contribution in [1.29, 1.82) is 0 Å². The van der Waals surface area contributed by atoms with E-state index >= 15 is 0 Å². The molecule has 0 bridgehead atoms. The van der Waals surface area contributed by atoms with Crippen LogP contribution in [-0.2, 0) is 26.2 Å². The molecule has 0 fully saturated rings. The number of rotatable bonds is 3. The first-order valence-corrected chi connectivity index (χ1v) is 5.75. The highest BCUT2D eigenvalue weighted by atomic mass is 32.3. The Balaban J connectivity index is 3.27. The minimum atomic E-state index is -2.78. The molecule has 1 heterocycles. The quantitative estimate of drug-likeness (QED) is 0.686. The molecule has 0 spiro atoms. The van der Waals surface area contributed by atoms with E-state index in [1.54, 1.807) is 6.07 Å². The molecule has 0 aromatic carbocycles. The van der Waals surface area contributed by atoms with Gasteiger partial charge in [0.15, 0.2) is 0 Å². The number of nitrogens with zero attached hydrogens (tertiary/aromatic N) is 1. The van der Waals surface area contributed by atoms with Gasteiger partial charge in [0.1, 0.15) is 4.08 Å². The first-order valence-electron chi connectivity index (χ1n) is 3.60. The van der Waals surface area contributed by atoms with Crippen LogP contribution in [0.4, 0.5) is 0 Å². The summed E-state index contributed by atoms with van der Waals surface area (Å²) in [6, 6.07) is 4.46. The molecule has 0 radical (unpaired) electrons. The van der Waals surface area contributed by atoms with E-state index in [4.69, 9.17) is 0 Å². The lowest BCUT2D eigenvalue weighted by atomic mass is 10.3. The molecule has 78 valence electrons. The second-order valence-electron chi connectivity index (χ2n) is 2.63. The van der Waals surface area contributed by atoms with E-state index < -0.39 is 26.2 Å². The van der Waals surface area contributed by atoms with E-state index in [2.05, 4.69) is 4.98 Å². The van der Waals surface area contributed by atoms with Gasteiger partial charge in [-0.15, -0.1) is 0 Å². The van der Waals surface area contributed by atoms with Crippen LogP contribution in [0.5, 0.6) is 0 Å². The molecule has 0 aliphatic heterocycles. The molecule has 0 N–H and O–H groups in total. The lowest BCUT2D eigenvalue weighted by Gasteiger charge is -2.33. The predicted octanol–water partition coefficient (Wildman–Crippen LogP) is 0.0125. The van der Waals surface area contributed by atoms with E-state index in [0.29, 0.717) is 0 Å². The first kappa shape index (κ1) is 11.4. The van der Waals surface area contributed by atoms with Crippen LogP contribution in [0.15, 0.2) is 24.4 Å². The monoisotopic (exact) mass is 233 g/mol. The van der Waals surface area contributed by atoms with Gasteiger partial charge in [0.25, 0.3) is 0 Å². The number of hydrogen-bond acceptors (Lipinski definition) is 5.